The summed E-state index contributed by atoms with van der Waals surface area (Å²) in [6.07, 6.45) is 0.997. The first-order valence-corrected chi connectivity index (χ1v) is 3.63. The van der Waals surface area contributed by atoms with E-state index in [4.69, 9.17) is 0 Å². The maximum absolute atomic E-state index is 11.2. The molecule has 1 fully saturated rings. The van der Waals surface area contributed by atoms with Gasteiger partial charge in [0.05, 0.1) is 5.92 Å². The second-order valence-corrected chi connectivity index (χ2v) is 2.92. The largest absolute Gasteiger partial charge is 0.349 e. The molecule has 58 valence electrons. The molecule has 0 aliphatic carbocycles. The lowest BCUT2D eigenvalue weighted by molar-refractivity contribution is -0.132. The highest BCUT2D eigenvalue weighted by atomic mass is 16.2. The van der Waals surface area contributed by atoms with Gasteiger partial charge in [0.15, 0.2) is 0 Å². The van der Waals surface area contributed by atoms with Gasteiger partial charge in [-0.1, -0.05) is 0 Å². The highest BCUT2D eigenvalue weighted by Crippen LogP contribution is 2.09. The Labute approximate surface area is 61.4 Å². The lowest BCUT2D eigenvalue weighted by Crippen LogP contribution is -2.30. The minimum Gasteiger partial charge on any atom is -0.349 e. The standard InChI is InChI=1S/C7H14N2O/c1-9(2)7(10)6-3-4-8-5-6/h6,8H,3-5H2,1-2H3. The quantitative estimate of drug-likeness (QED) is 0.544. The number of nitrogens with zero attached hydrogens (tertiary/aromatic N) is 1. The van der Waals surface area contributed by atoms with Crippen molar-refractivity contribution in [2.24, 2.45) is 5.92 Å². The monoisotopic (exact) mass is 142 g/mol. The summed E-state index contributed by atoms with van der Waals surface area (Å²) < 4.78 is 0. The van der Waals surface area contributed by atoms with E-state index in [1.54, 1.807) is 19.0 Å². The highest BCUT2D eigenvalue weighted by molar-refractivity contribution is 5.78. The van der Waals surface area contributed by atoms with E-state index in [2.05, 4.69) is 5.32 Å². The van der Waals surface area contributed by atoms with E-state index in [1.807, 2.05) is 0 Å². The summed E-state index contributed by atoms with van der Waals surface area (Å²) in [5, 5.41) is 3.16. The Morgan fingerprint density at radius 2 is 2.30 bits per heavy atom. The fourth-order valence-electron chi connectivity index (χ4n) is 1.23. The molecule has 1 unspecified atom stereocenters. The summed E-state index contributed by atoms with van der Waals surface area (Å²) in [6.45, 7) is 1.85. The van der Waals surface area contributed by atoms with Crippen LogP contribution < -0.4 is 5.32 Å². The van der Waals surface area contributed by atoms with Gasteiger partial charge in [-0.15, -0.1) is 0 Å². The van der Waals surface area contributed by atoms with Gasteiger partial charge < -0.3 is 10.2 Å². The van der Waals surface area contributed by atoms with Gasteiger partial charge in [0.2, 0.25) is 5.91 Å². The van der Waals surface area contributed by atoms with Crippen LogP contribution >= 0.6 is 0 Å². The molecular formula is C7H14N2O. The van der Waals surface area contributed by atoms with Gasteiger partial charge in [-0.2, -0.15) is 0 Å². The van der Waals surface area contributed by atoms with Crippen molar-refractivity contribution in [1.82, 2.24) is 10.2 Å². The van der Waals surface area contributed by atoms with Gasteiger partial charge in [-0.25, -0.2) is 0 Å². The second kappa shape index (κ2) is 3.01. The molecule has 1 aliphatic rings. The van der Waals surface area contributed by atoms with E-state index in [9.17, 15) is 4.79 Å². The van der Waals surface area contributed by atoms with Crippen LogP contribution in [0.4, 0.5) is 0 Å². The fraction of sp³-hybridized carbons (Fsp3) is 0.857. The summed E-state index contributed by atoms with van der Waals surface area (Å²) in [5.74, 6) is 0.486. The summed E-state index contributed by atoms with van der Waals surface area (Å²) in [5.41, 5.74) is 0. The maximum atomic E-state index is 11.2. The number of nitrogens with one attached hydrogen (secondary N) is 1. The summed E-state index contributed by atoms with van der Waals surface area (Å²) in [7, 11) is 3.61. The van der Waals surface area contributed by atoms with Gasteiger partial charge >= 0.3 is 0 Å². The van der Waals surface area contributed by atoms with Crippen molar-refractivity contribution in [3.63, 3.8) is 0 Å². The third kappa shape index (κ3) is 1.48. The molecule has 1 saturated heterocycles. The Hall–Kier alpha value is -0.570. The number of hydrogen-bond acceptors (Lipinski definition) is 2. The zero-order valence-electron chi connectivity index (χ0n) is 6.55. The molecule has 0 radical (unpaired) electrons. The Kier molecular flexibility index (Phi) is 2.27. The van der Waals surface area contributed by atoms with E-state index < -0.39 is 0 Å². The SMILES string of the molecule is CN(C)C(=O)C1CCNC1. The Balaban J connectivity index is 2.40. The van der Waals surface area contributed by atoms with Crippen LogP contribution in [0.5, 0.6) is 0 Å². The van der Waals surface area contributed by atoms with Crippen molar-refractivity contribution in [3.8, 4) is 0 Å². The molecule has 0 aromatic heterocycles. The molecule has 10 heavy (non-hydrogen) atoms. The van der Waals surface area contributed by atoms with E-state index in [0.717, 1.165) is 19.5 Å². The van der Waals surface area contributed by atoms with Crippen LogP contribution in [0.15, 0.2) is 0 Å². The zero-order valence-corrected chi connectivity index (χ0v) is 6.55. The lowest BCUT2D eigenvalue weighted by Gasteiger charge is -2.14. The molecule has 1 amide bonds. The predicted octanol–water partition coefficient (Wildman–Crippen LogP) is -0.316. The Morgan fingerprint density at radius 1 is 1.60 bits per heavy atom. The number of hydrogen-bond donors (Lipinski definition) is 1. The van der Waals surface area contributed by atoms with Crippen molar-refractivity contribution in [3.05, 3.63) is 0 Å². The molecule has 3 heteroatoms. The van der Waals surface area contributed by atoms with E-state index in [-0.39, 0.29) is 11.8 Å². The van der Waals surface area contributed by atoms with Crippen molar-refractivity contribution in [2.75, 3.05) is 27.2 Å². The molecule has 0 aromatic rings. The molecule has 0 bridgehead atoms. The van der Waals surface area contributed by atoms with Crippen LogP contribution in [0.3, 0.4) is 0 Å². The maximum Gasteiger partial charge on any atom is 0.226 e. The average Bonchev–Trinajstić information content (AvgIpc) is 2.36. The third-order valence-electron chi connectivity index (χ3n) is 1.85. The molecule has 1 heterocycles. The van der Waals surface area contributed by atoms with Gasteiger partial charge in [0.25, 0.3) is 0 Å². The van der Waals surface area contributed by atoms with E-state index in [1.165, 1.54) is 0 Å². The second-order valence-electron chi connectivity index (χ2n) is 2.92. The van der Waals surface area contributed by atoms with Crippen LogP contribution in [0.2, 0.25) is 0 Å². The molecule has 3 nitrogen and oxygen atoms in total. The van der Waals surface area contributed by atoms with Gasteiger partial charge in [0.1, 0.15) is 0 Å². The lowest BCUT2D eigenvalue weighted by atomic mass is 10.1. The molecule has 1 N–H and O–H groups in total. The van der Waals surface area contributed by atoms with Crippen LogP contribution in [0, 0.1) is 5.92 Å². The normalized spacial score (nSPS) is 24.8. The van der Waals surface area contributed by atoms with Crippen molar-refractivity contribution in [1.29, 1.82) is 0 Å². The fourth-order valence-corrected chi connectivity index (χ4v) is 1.23. The summed E-state index contributed by atoms with van der Waals surface area (Å²) in [4.78, 5) is 12.9. The Morgan fingerprint density at radius 3 is 2.70 bits per heavy atom. The summed E-state index contributed by atoms with van der Waals surface area (Å²) in [6, 6.07) is 0. The van der Waals surface area contributed by atoms with Crippen LogP contribution in [-0.4, -0.2) is 38.0 Å². The minimum absolute atomic E-state index is 0.231. The smallest absolute Gasteiger partial charge is 0.226 e. The molecule has 0 spiro atoms. The molecule has 0 aromatic carbocycles. The van der Waals surface area contributed by atoms with Crippen LogP contribution in [0.1, 0.15) is 6.42 Å². The average molecular weight is 142 g/mol. The first-order chi connectivity index (χ1) is 4.72. The molecule has 1 rings (SSSR count). The number of carbonyl (C=O) groups is 1. The highest BCUT2D eigenvalue weighted by Gasteiger charge is 2.23. The van der Waals surface area contributed by atoms with Crippen molar-refractivity contribution < 1.29 is 4.79 Å². The van der Waals surface area contributed by atoms with E-state index in [0.29, 0.717) is 0 Å². The Bertz CT molecular complexity index is 128. The van der Waals surface area contributed by atoms with Crippen molar-refractivity contribution in [2.45, 2.75) is 6.42 Å². The number of rotatable bonds is 1. The molecule has 0 saturated carbocycles. The van der Waals surface area contributed by atoms with Crippen LogP contribution in [0.25, 0.3) is 0 Å². The topological polar surface area (TPSA) is 32.3 Å². The number of carbonyl (C=O) groups excluding carboxylic acids is 1. The van der Waals surface area contributed by atoms with E-state index >= 15 is 0 Å². The number of amides is 1. The van der Waals surface area contributed by atoms with Crippen molar-refractivity contribution >= 4 is 5.91 Å². The molecular weight excluding hydrogens is 128 g/mol. The van der Waals surface area contributed by atoms with Gasteiger partial charge in [-0.3, -0.25) is 4.79 Å². The molecule has 1 atom stereocenters. The first-order valence-electron chi connectivity index (χ1n) is 3.63. The van der Waals surface area contributed by atoms with Gasteiger partial charge in [-0.05, 0) is 13.0 Å². The van der Waals surface area contributed by atoms with Gasteiger partial charge in [0, 0.05) is 20.6 Å². The molecule has 1 aliphatic heterocycles. The third-order valence-corrected chi connectivity index (χ3v) is 1.85. The summed E-state index contributed by atoms with van der Waals surface area (Å²) >= 11 is 0. The first kappa shape index (κ1) is 7.54. The minimum atomic E-state index is 0.231. The predicted molar refractivity (Wildman–Crippen MR) is 39.7 cm³/mol. The zero-order chi connectivity index (χ0) is 7.56. The van der Waals surface area contributed by atoms with Crippen LogP contribution in [-0.2, 0) is 4.79 Å².